The van der Waals surface area contributed by atoms with Crippen LogP contribution in [0.25, 0.3) is 0 Å². The number of hydrogen-bond acceptors (Lipinski definition) is 3. The zero-order valence-corrected chi connectivity index (χ0v) is 13.8. The first kappa shape index (κ1) is 15.8. The number of rotatable bonds is 3. The zero-order chi connectivity index (χ0) is 16.3. The Balaban J connectivity index is 2.19. The summed E-state index contributed by atoms with van der Waals surface area (Å²) in [5, 5.41) is 0. The summed E-state index contributed by atoms with van der Waals surface area (Å²) in [6, 6.07) is 18.1. The molecule has 0 N–H and O–H groups in total. The molecule has 1 atom stereocenters. The van der Waals surface area contributed by atoms with Crippen LogP contribution >= 0.6 is 0 Å². The minimum atomic E-state index is -0.583. The number of likely N-dealkylation sites (tertiary alicyclic amines) is 1. The summed E-state index contributed by atoms with van der Waals surface area (Å²) in [7, 11) is 3.75. The van der Waals surface area contributed by atoms with Gasteiger partial charge in [0.15, 0.2) is 0 Å². The third kappa shape index (κ3) is 2.89. The van der Waals surface area contributed by atoms with Gasteiger partial charge in [-0.1, -0.05) is 42.5 Å². The number of carbonyl (C=O) groups excluding carboxylic acids is 1. The molecule has 120 valence electrons. The summed E-state index contributed by atoms with van der Waals surface area (Å²) in [6.07, 6.45) is 1.36. The van der Waals surface area contributed by atoms with Crippen molar-refractivity contribution in [1.29, 1.82) is 0 Å². The molecule has 2 aromatic carbocycles. The van der Waals surface area contributed by atoms with Crippen LogP contribution in [0.1, 0.15) is 24.0 Å². The Hall–Kier alpha value is -2.13. The lowest BCUT2D eigenvalue weighted by molar-refractivity contribution is -0.122. The highest BCUT2D eigenvalue weighted by Crippen LogP contribution is 2.40. The highest BCUT2D eigenvalue weighted by molar-refractivity contribution is 5.94. The summed E-state index contributed by atoms with van der Waals surface area (Å²) in [4.78, 5) is 15.5. The number of nitrogens with zero attached hydrogens (tertiary/aromatic N) is 1. The van der Waals surface area contributed by atoms with Crippen molar-refractivity contribution in [1.82, 2.24) is 4.90 Å². The molecular formula is C20H23NO2. The quantitative estimate of drug-likeness (QED) is 0.871. The average Bonchev–Trinajstić information content (AvgIpc) is 2.76. The predicted molar refractivity (Wildman–Crippen MR) is 92.0 cm³/mol. The van der Waals surface area contributed by atoms with E-state index in [-0.39, 0.29) is 0 Å². The van der Waals surface area contributed by atoms with Crippen molar-refractivity contribution in [3.63, 3.8) is 0 Å². The van der Waals surface area contributed by atoms with E-state index in [0.29, 0.717) is 12.2 Å². The van der Waals surface area contributed by atoms with Crippen LogP contribution in [0.3, 0.4) is 0 Å². The van der Waals surface area contributed by atoms with Gasteiger partial charge in [-0.2, -0.15) is 0 Å². The minimum absolute atomic E-state index is 0.293. The maximum absolute atomic E-state index is 13.2. The number of Topliss-reactive ketones (excluding diaryl/α,β-unsaturated/α-hetero) is 1. The monoisotopic (exact) mass is 309 g/mol. The van der Waals surface area contributed by atoms with Crippen molar-refractivity contribution in [3.8, 4) is 5.75 Å². The smallest absolute Gasteiger partial charge is 0.149 e. The summed E-state index contributed by atoms with van der Waals surface area (Å²) in [5.74, 6) is 1.09. The van der Waals surface area contributed by atoms with Gasteiger partial charge in [0, 0.05) is 13.0 Å². The molecule has 1 saturated heterocycles. The number of ether oxygens (including phenoxy) is 1. The van der Waals surface area contributed by atoms with E-state index >= 15 is 0 Å². The van der Waals surface area contributed by atoms with Crippen molar-refractivity contribution in [3.05, 3.63) is 65.7 Å². The van der Waals surface area contributed by atoms with Crippen molar-refractivity contribution < 1.29 is 9.53 Å². The van der Waals surface area contributed by atoms with Crippen molar-refractivity contribution in [2.45, 2.75) is 18.3 Å². The minimum Gasteiger partial charge on any atom is -0.497 e. The summed E-state index contributed by atoms with van der Waals surface area (Å²) in [5.41, 5.74) is 1.53. The normalized spacial score (nSPS) is 22.6. The lowest BCUT2D eigenvalue weighted by atomic mass is 9.68. The van der Waals surface area contributed by atoms with Gasteiger partial charge in [0.25, 0.3) is 0 Å². The molecule has 1 aliphatic heterocycles. The SMILES string of the molecule is COc1cccc(C2(c3ccccc3)CCN(C)CCC2=O)c1. The lowest BCUT2D eigenvalue weighted by Gasteiger charge is -2.33. The van der Waals surface area contributed by atoms with Crippen LogP contribution in [-0.4, -0.2) is 37.9 Å². The molecule has 0 amide bonds. The van der Waals surface area contributed by atoms with E-state index in [1.165, 1.54) is 0 Å². The Bertz CT molecular complexity index is 683. The number of methoxy groups -OCH3 is 1. The Morgan fingerprint density at radius 2 is 1.74 bits per heavy atom. The molecule has 0 radical (unpaired) electrons. The zero-order valence-electron chi connectivity index (χ0n) is 13.8. The molecule has 2 aromatic rings. The standard InChI is InChI=1S/C20H23NO2/c1-21-13-11-19(22)20(12-14-21,16-7-4-3-5-8-16)17-9-6-10-18(15-17)23-2/h3-10,15H,11-14H2,1-2H3. The molecule has 0 saturated carbocycles. The van der Waals surface area contributed by atoms with Crippen LogP contribution in [0.5, 0.6) is 5.75 Å². The van der Waals surface area contributed by atoms with Crippen LogP contribution in [0.4, 0.5) is 0 Å². The van der Waals surface area contributed by atoms with Gasteiger partial charge in [-0.15, -0.1) is 0 Å². The van der Waals surface area contributed by atoms with Crippen LogP contribution < -0.4 is 4.74 Å². The first-order valence-corrected chi connectivity index (χ1v) is 8.09. The van der Waals surface area contributed by atoms with E-state index in [0.717, 1.165) is 36.4 Å². The van der Waals surface area contributed by atoms with Crippen molar-refractivity contribution in [2.75, 3.05) is 27.2 Å². The molecule has 0 aliphatic carbocycles. The van der Waals surface area contributed by atoms with Gasteiger partial charge in [-0.3, -0.25) is 4.79 Å². The van der Waals surface area contributed by atoms with E-state index in [1.54, 1.807) is 7.11 Å². The van der Waals surface area contributed by atoms with E-state index in [1.807, 2.05) is 36.4 Å². The predicted octanol–water partition coefficient (Wildman–Crippen LogP) is 3.28. The van der Waals surface area contributed by atoms with Crippen LogP contribution in [0, 0.1) is 0 Å². The van der Waals surface area contributed by atoms with Crippen LogP contribution in [0.15, 0.2) is 54.6 Å². The van der Waals surface area contributed by atoms with Gasteiger partial charge in [0.1, 0.15) is 11.5 Å². The maximum Gasteiger partial charge on any atom is 0.149 e. The Morgan fingerprint density at radius 3 is 2.48 bits per heavy atom. The molecule has 3 nitrogen and oxygen atoms in total. The highest BCUT2D eigenvalue weighted by Gasteiger charge is 2.42. The van der Waals surface area contributed by atoms with Gasteiger partial charge in [0.05, 0.1) is 12.5 Å². The summed E-state index contributed by atoms with van der Waals surface area (Å²) >= 11 is 0. The first-order chi connectivity index (χ1) is 11.2. The van der Waals surface area contributed by atoms with Gasteiger partial charge < -0.3 is 9.64 Å². The summed E-state index contributed by atoms with van der Waals surface area (Å²) in [6.45, 7) is 1.72. The second kappa shape index (κ2) is 6.55. The molecule has 1 fully saturated rings. The maximum atomic E-state index is 13.2. The number of ketones is 1. The largest absolute Gasteiger partial charge is 0.497 e. The highest BCUT2D eigenvalue weighted by atomic mass is 16.5. The second-order valence-electron chi connectivity index (χ2n) is 6.23. The van der Waals surface area contributed by atoms with Crippen molar-refractivity contribution in [2.24, 2.45) is 0 Å². The van der Waals surface area contributed by atoms with E-state index < -0.39 is 5.41 Å². The molecule has 1 aliphatic rings. The third-order valence-electron chi connectivity index (χ3n) is 4.89. The second-order valence-corrected chi connectivity index (χ2v) is 6.23. The van der Waals surface area contributed by atoms with Crippen LogP contribution in [0.2, 0.25) is 0 Å². The topological polar surface area (TPSA) is 29.5 Å². The Kier molecular flexibility index (Phi) is 4.49. The number of carbonyl (C=O) groups is 1. The van der Waals surface area contributed by atoms with Gasteiger partial charge in [-0.05, 0) is 43.3 Å². The Morgan fingerprint density at radius 1 is 1.00 bits per heavy atom. The fourth-order valence-corrected chi connectivity index (χ4v) is 3.50. The molecular weight excluding hydrogens is 286 g/mol. The number of benzene rings is 2. The molecule has 3 heteroatoms. The Labute approximate surface area is 137 Å². The lowest BCUT2D eigenvalue weighted by Crippen LogP contribution is -2.37. The van der Waals surface area contributed by atoms with E-state index in [9.17, 15) is 4.79 Å². The van der Waals surface area contributed by atoms with Gasteiger partial charge >= 0.3 is 0 Å². The molecule has 23 heavy (non-hydrogen) atoms. The van der Waals surface area contributed by atoms with Gasteiger partial charge in [0.2, 0.25) is 0 Å². The van der Waals surface area contributed by atoms with Crippen LogP contribution in [-0.2, 0) is 10.2 Å². The molecule has 1 heterocycles. The van der Waals surface area contributed by atoms with E-state index in [2.05, 4.69) is 30.1 Å². The molecule has 0 aromatic heterocycles. The van der Waals surface area contributed by atoms with E-state index in [4.69, 9.17) is 4.74 Å². The molecule has 0 spiro atoms. The number of hydrogen-bond donors (Lipinski definition) is 0. The summed E-state index contributed by atoms with van der Waals surface area (Å²) < 4.78 is 5.39. The van der Waals surface area contributed by atoms with Gasteiger partial charge in [-0.25, -0.2) is 0 Å². The first-order valence-electron chi connectivity index (χ1n) is 8.09. The molecule has 3 rings (SSSR count). The molecule has 0 bridgehead atoms. The molecule has 1 unspecified atom stereocenters. The fourth-order valence-electron chi connectivity index (χ4n) is 3.50. The average molecular weight is 309 g/mol. The van der Waals surface area contributed by atoms with Crippen molar-refractivity contribution >= 4 is 5.78 Å². The fraction of sp³-hybridized carbons (Fsp3) is 0.350. The third-order valence-corrected chi connectivity index (χ3v) is 4.89.